The minimum Gasteiger partial charge on any atom is -0.355 e. The number of sulfonamides is 1. The number of halogens is 1. The second-order valence-electron chi connectivity index (χ2n) is 4.11. The second kappa shape index (κ2) is 6.88. The molecule has 0 aliphatic rings. The van der Waals surface area contributed by atoms with Gasteiger partial charge in [-0.3, -0.25) is 4.79 Å². The second-order valence-corrected chi connectivity index (χ2v) is 6.53. The van der Waals surface area contributed by atoms with Gasteiger partial charge in [0, 0.05) is 18.1 Å². The van der Waals surface area contributed by atoms with Gasteiger partial charge in [0.2, 0.25) is 15.9 Å². The smallest absolute Gasteiger partial charge is 0.235 e. The molecule has 19 heavy (non-hydrogen) atoms. The van der Waals surface area contributed by atoms with E-state index in [1.807, 2.05) is 0 Å². The summed E-state index contributed by atoms with van der Waals surface area (Å²) in [5.74, 6) is -0.318. The van der Waals surface area contributed by atoms with Crippen LogP contribution in [0.25, 0.3) is 0 Å². The molecule has 5 nitrogen and oxygen atoms in total. The van der Waals surface area contributed by atoms with Crippen molar-refractivity contribution in [2.45, 2.75) is 13.5 Å². The number of nitrogens with one attached hydrogen (secondary N) is 1. The summed E-state index contributed by atoms with van der Waals surface area (Å²) >= 11 is 5.77. The van der Waals surface area contributed by atoms with Crippen LogP contribution >= 0.6 is 11.6 Å². The zero-order chi connectivity index (χ0) is 14.5. The number of hydrogen-bond donors (Lipinski definition) is 1. The molecule has 0 radical (unpaired) electrons. The van der Waals surface area contributed by atoms with Crippen molar-refractivity contribution < 1.29 is 13.2 Å². The maximum absolute atomic E-state index is 11.7. The topological polar surface area (TPSA) is 66.5 Å². The Morgan fingerprint density at radius 2 is 1.89 bits per heavy atom. The molecular weight excluding hydrogens is 288 g/mol. The molecule has 0 unspecified atom stereocenters. The van der Waals surface area contributed by atoms with Crippen LogP contribution in [0.3, 0.4) is 0 Å². The highest BCUT2D eigenvalue weighted by atomic mass is 35.5. The number of nitrogens with zero attached hydrogens (tertiary/aromatic N) is 1. The fourth-order valence-electron chi connectivity index (χ4n) is 1.50. The number of amides is 1. The van der Waals surface area contributed by atoms with Crippen LogP contribution in [0.4, 0.5) is 0 Å². The van der Waals surface area contributed by atoms with Crippen molar-refractivity contribution >= 4 is 27.5 Å². The minimum absolute atomic E-state index is 0.146. The van der Waals surface area contributed by atoms with Crippen LogP contribution in [0.2, 0.25) is 5.02 Å². The number of rotatable bonds is 6. The van der Waals surface area contributed by atoms with E-state index in [0.29, 0.717) is 11.6 Å². The molecular formula is C12H17ClN2O3S. The third-order valence-corrected chi connectivity index (χ3v) is 3.88. The van der Waals surface area contributed by atoms with Crippen molar-refractivity contribution in [2.24, 2.45) is 0 Å². The van der Waals surface area contributed by atoms with Gasteiger partial charge < -0.3 is 5.32 Å². The first-order chi connectivity index (χ1) is 8.82. The van der Waals surface area contributed by atoms with Gasteiger partial charge in [0.1, 0.15) is 0 Å². The lowest BCUT2D eigenvalue weighted by Crippen LogP contribution is -2.39. The van der Waals surface area contributed by atoms with Gasteiger partial charge in [0.05, 0.1) is 12.8 Å². The third-order valence-electron chi connectivity index (χ3n) is 2.44. The Kier molecular flexibility index (Phi) is 5.78. The zero-order valence-electron chi connectivity index (χ0n) is 10.9. The largest absolute Gasteiger partial charge is 0.355 e. The quantitative estimate of drug-likeness (QED) is 0.860. The normalized spacial score (nSPS) is 11.6. The molecule has 0 heterocycles. The van der Waals surface area contributed by atoms with Crippen LogP contribution in [-0.4, -0.2) is 38.0 Å². The molecule has 1 N–H and O–H groups in total. The molecule has 0 spiro atoms. The highest BCUT2D eigenvalue weighted by Crippen LogP contribution is 2.12. The molecule has 1 aromatic rings. The van der Waals surface area contributed by atoms with Crippen LogP contribution < -0.4 is 5.32 Å². The summed E-state index contributed by atoms with van der Waals surface area (Å²) in [6.45, 7) is 2.21. The van der Waals surface area contributed by atoms with E-state index < -0.39 is 10.0 Å². The average Bonchev–Trinajstić information content (AvgIpc) is 2.30. The summed E-state index contributed by atoms with van der Waals surface area (Å²) in [4.78, 5) is 11.5. The lowest BCUT2D eigenvalue weighted by Gasteiger charge is -2.19. The molecule has 0 aliphatic heterocycles. The van der Waals surface area contributed by atoms with E-state index in [0.717, 1.165) is 16.1 Å². The maximum atomic E-state index is 11.7. The monoisotopic (exact) mass is 304 g/mol. The van der Waals surface area contributed by atoms with Gasteiger partial charge in [-0.25, -0.2) is 8.42 Å². The summed E-state index contributed by atoms with van der Waals surface area (Å²) in [5, 5.41) is 3.16. The standard InChI is InChI=1S/C12H17ClN2O3S/c1-3-14-12(16)9-15(19(2,17)18)8-10-4-6-11(13)7-5-10/h4-7H,3,8-9H2,1-2H3,(H,14,16). The van der Waals surface area contributed by atoms with Gasteiger partial charge in [-0.1, -0.05) is 23.7 Å². The molecule has 0 saturated carbocycles. The van der Waals surface area contributed by atoms with Crippen molar-refractivity contribution in [3.8, 4) is 0 Å². The van der Waals surface area contributed by atoms with Gasteiger partial charge in [0.15, 0.2) is 0 Å². The first-order valence-electron chi connectivity index (χ1n) is 5.79. The van der Waals surface area contributed by atoms with E-state index in [2.05, 4.69) is 5.32 Å². The highest BCUT2D eigenvalue weighted by Gasteiger charge is 2.20. The minimum atomic E-state index is -3.45. The first-order valence-corrected chi connectivity index (χ1v) is 8.02. The molecule has 0 aliphatic carbocycles. The molecule has 106 valence electrons. The summed E-state index contributed by atoms with van der Waals surface area (Å²) in [7, 11) is -3.45. The van der Waals surface area contributed by atoms with Gasteiger partial charge in [-0.15, -0.1) is 0 Å². The van der Waals surface area contributed by atoms with E-state index in [-0.39, 0.29) is 19.0 Å². The molecule has 1 rings (SSSR count). The number of likely N-dealkylation sites (N-methyl/N-ethyl adjacent to an activating group) is 1. The average molecular weight is 305 g/mol. The van der Waals surface area contributed by atoms with Crippen LogP contribution in [0.5, 0.6) is 0 Å². The molecule has 0 aromatic heterocycles. The number of carbonyl (C=O) groups excluding carboxylic acids is 1. The van der Waals surface area contributed by atoms with E-state index in [1.165, 1.54) is 0 Å². The van der Waals surface area contributed by atoms with Crippen LogP contribution in [0, 0.1) is 0 Å². The third kappa shape index (κ3) is 5.59. The van der Waals surface area contributed by atoms with Gasteiger partial charge in [-0.2, -0.15) is 4.31 Å². The lowest BCUT2D eigenvalue weighted by molar-refractivity contribution is -0.121. The van der Waals surface area contributed by atoms with Crippen molar-refractivity contribution in [2.75, 3.05) is 19.3 Å². The fourth-order valence-corrected chi connectivity index (χ4v) is 2.36. The summed E-state index contributed by atoms with van der Waals surface area (Å²) in [6.07, 6.45) is 1.09. The van der Waals surface area contributed by atoms with Crippen LogP contribution in [0.1, 0.15) is 12.5 Å². The Labute approximate surface area is 118 Å². The van der Waals surface area contributed by atoms with Crippen molar-refractivity contribution in [1.82, 2.24) is 9.62 Å². The Bertz CT molecular complexity index is 528. The maximum Gasteiger partial charge on any atom is 0.235 e. The SMILES string of the molecule is CCNC(=O)CN(Cc1ccc(Cl)cc1)S(C)(=O)=O. The van der Waals surface area contributed by atoms with Gasteiger partial charge in [-0.05, 0) is 24.6 Å². The van der Waals surface area contributed by atoms with E-state index >= 15 is 0 Å². The Morgan fingerprint density at radius 3 is 2.37 bits per heavy atom. The van der Waals surface area contributed by atoms with Crippen LogP contribution in [-0.2, 0) is 21.4 Å². The lowest BCUT2D eigenvalue weighted by atomic mass is 10.2. The zero-order valence-corrected chi connectivity index (χ0v) is 12.5. The van der Waals surface area contributed by atoms with Crippen molar-refractivity contribution in [3.05, 3.63) is 34.9 Å². The Morgan fingerprint density at radius 1 is 1.32 bits per heavy atom. The molecule has 0 fully saturated rings. The molecule has 1 aromatic carbocycles. The van der Waals surface area contributed by atoms with E-state index in [1.54, 1.807) is 31.2 Å². The Hall–Kier alpha value is -1.11. The van der Waals surface area contributed by atoms with Gasteiger partial charge >= 0.3 is 0 Å². The molecule has 0 bridgehead atoms. The molecule has 0 atom stereocenters. The predicted octanol–water partition coefficient (Wildman–Crippen LogP) is 1.24. The van der Waals surface area contributed by atoms with Gasteiger partial charge in [0.25, 0.3) is 0 Å². The van der Waals surface area contributed by atoms with Crippen molar-refractivity contribution in [1.29, 1.82) is 0 Å². The first kappa shape index (κ1) is 15.9. The highest BCUT2D eigenvalue weighted by molar-refractivity contribution is 7.88. The van der Waals surface area contributed by atoms with E-state index in [4.69, 9.17) is 11.6 Å². The predicted molar refractivity (Wildman–Crippen MR) is 75.4 cm³/mol. The number of carbonyl (C=O) groups is 1. The number of benzene rings is 1. The summed E-state index contributed by atoms with van der Waals surface area (Å²) in [5.41, 5.74) is 0.777. The summed E-state index contributed by atoms with van der Waals surface area (Å²) in [6, 6.07) is 6.84. The summed E-state index contributed by atoms with van der Waals surface area (Å²) < 4.78 is 24.5. The molecule has 1 amide bonds. The number of hydrogen-bond acceptors (Lipinski definition) is 3. The fraction of sp³-hybridized carbons (Fsp3) is 0.417. The molecule has 7 heteroatoms. The Balaban J connectivity index is 2.81. The molecule has 0 saturated heterocycles. The van der Waals surface area contributed by atoms with Crippen LogP contribution in [0.15, 0.2) is 24.3 Å². The van der Waals surface area contributed by atoms with E-state index in [9.17, 15) is 13.2 Å². The van der Waals surface area contributed by atoms with Crippen molar-refractivity contribution in [3.63, 3.8) is 0 Å².